The van der Waals surface area contributed by atoms with E-state index in [1.807, 2.05) is 0 Å². The number of nitrogens with zero attached hydrogens (tertiary/aromatic N) is 2. The lowest BCUT2D eigenvalue weighted by Crippen LogP contribution is -2.28. The first-order valence-electron chi connectivity index (χ1n) is 11.6. The van der Waals surface area contributed by atoms with E-state index in [1.165, 1.54) is 46.2 Å². The second kappa shape index (κ2) is 7.52. The molecule has 2 aromatic carbocycles. The minimum Gasteiger partial charge on any atom is -0.374 e. The van der Waals surface area contributed by atoms with Gasteiger partial charge in [-0.1, -0.05) is 39.5 Å². The fraction of sp³-hybridized carbons (Fsp3) is 0.444. The van der Waals surface area contributed by atoms with Crippen LogP contribution in [0.25, 0.3) is 0 Å². The number of anilines is 1. The summed E-state index contributed by atoms with van der Waals surface area (Å²) in [7, 11) is 0. The number of hydrogen-bond donors (Lipinski definition) is 1. The largest absolute Gasteiger partial charge is 0.374 e. The van der Waals surface area contributed by atoms with Gasteiger partial charge in [0.2, 0.25) is 0 Å². The maximum Gasteiger partial charge on any atom is 0.166 e. The molecule has 0 amide bonds. The summed E-state index contributed by atoms with van der Waals surface area (Å²) >= 11 is 0. The molecule has 1 aliphatic carbocycles. The van der Waals surface area contributed by atoms with E-state index in [0.717, 1.165) is 43.2 Å². The van der Waals surface area contributed by atoms with E-state index in [2.05, 4.69) is 74.9 Å². The number of ether oxygens (including phenoxy) is 1. The Labute approximate surface area is 186 Å². The molecule has 1 atom stereocenters. The van der Waals surface area contributed by atoms with Gasteiger partial charge in [-0.3, -0.25) is 10.3 Å². The van der Waals surface area contributed by atoms with Gasteiger partial charge >= 0.3 is 0 Å². The fourth-order valence-corrected chi connectivity index (χ4v) is 5.55. The molecule has 1 unspecified atom stereocenters. The molecule has 4 heteroatoms. The number of amidine groups is 1. The van der Waals surface area contributed by atoms with Gasteiger partial charge in [-0.25, -0.2) is 0 Å². The normalized spacial score (nSPS) is 22.4. The minimum atomic E-state index is 0.0386. The van der Waals surface area contributed by atoms with Gasteiger partial charge in [0.05, 0.1) is 5.60 Å². The Morgan fingerprint density at radius 1 is 1.19 bits per heavy atom. The Balaban J connectivity index is 1.52. The number of hydrogen-bond acceptors (Lipinski definition) is 4. The van der Waals surface area contributed by atoms with Crippen LogP contribution in [0.1, 0.15) is 72.9 Å². The molecular weight excluding hydrogens is 382 g/mol. The van der Waals surface area contributed by atoms with Crippen molar-refractivity contribution in [1.29, 1.82) is 0 Å². The van der Waals surface area contributed by atoms with Gasteiger partial charge in [0.15, 0.2) is 5.84 Å². The van der Waals surface area contributed by atoms with Crippen molar-refractivity contribution in [1.82, 2.24) is 5.43 Å². The zero-order valence-electron chi connectivity index (χ0n) is 19.2. The van der Waals surface area contributed by atoms with Crippen molar-refractivity contribution in [2.24, 2.45) is 5.10 Å². The van der Waals surface area contributed by atoms with E-state index in [9.17, 15) is 0 Å². The molecule has 4 nitrogen and oxygen atoms in total. The van der Waals surface area contributed by atoms with Crippen LogP contribution in [0.2, 0.25) is 0 Å². The van der Waals surface area contributed by atoms with Gasteiger partial charge in [0.1, 0.15) is 5.82 Å². The van der Waals surface area contributed by atoms with Crippen molar-refractivity contribution in [2.75, 3.05) is 11.5 Å². The first-order valence-corrected chi connectivity index (χ1v) is 11.6. The quantitative estimate of drug-likeness (QED) is 0.709. The van der Waals surface area contributed by atoms with Crippen LogP contribution in [0.4, 0.5) is 5.69 Å². The minimum absolute atomic E-state index is 0.0386. The van der Waals surface area contributed by atoms with Gasteiger partial charge in [0.25, 0.3) is 0 Å². The van der Waals surface area contributed by atoms with Crippen molar-refractivity contribution >= 4 is 11.5 Å². The van der Waals surface area contributed by atoms with E-state index in [-0.39, 0.29) is 5.60 Å². The van der Waals surface area contributed by atoms with Crippen LogP contribution in [0.15, 0.2) is 47.8 Å². The Morgan fingerprint density at radius 3 is 2.71 bits per heavy atom. The molecule has 5 rings (SSSR count). The summed E-state index contributed by atoms with van der Waals surface area (Å²) in [5, 5.41) is 4.69. The van der Waals surface area contributed by atoms with Crippen molar-refractivity contribution in [3.05, 3.63) is 76.1 Å². The van der Waals surface area contributed by atoms with Gasteiger partial charge in [0, 0.05) is 30.7 Å². The zero-order chi connectivity index (χ0) is 21.8. The molecule has 0 bridgehead atoms. The number of aryl methyl sites for hydroxylation is 2. The van der Waals surface area contributed by atoms with Crippen LogP contribution in [0, 0.1) is 6.92 Å². The summed E-state index contributed by atoms with van der Waals surface area (Å²) < 4.78 is 6.17. The van der Waals surface area contributed by atoms with E-state index < -0.39 is 0 Å². The van der Waals surface area contributed by atoms with Gasteiger partial charge in [-0.05, 0) is 78.1 Å². The second-order valence-corrected chi connectivity index (χ2v) is 9.65. The van der Waals surface area contributed by atoms with Gasteiger partial charge < -0.3 is 4.74 Å². The third-order valence-electron chi connectivity index (χ3n) is 7.16. The van der Waals surface area contributed by atoms with Crippen molar-refractivity contribution in [3.63, 3.8) is 0 Å². The second-order valence-electron chi connectivity index (χ2n) is 9.65. The first-order chi connectivity index (χ1) is 14.9. The van der Waals surface area contributed by atoms with E-state index in [1.54, 1.807) is 0 Å². The monoisotopic (exact) mass is 415 g/mol. The Kier molecular flexibility index (Phi) is 4.93. The van der Waals surface area contributed by atoms with Crippen LogP contribution < -0.4 is 10.3 Å². The summed E-state index contributed by atoms with van der Waals surface area (Å²) in [5.41, 5.74) is 12.4. The molecule has 31 heavy (non-hydrogen) atoms. The predicted octanol–water partition coefficient (Wildman–Crippen LogP) is 5.57. The number of hydrazone groups is 1. The summed E-state index contributed by atoms with van der Waals surface area (Å²) in [6.07, 6.45) is 5.44. The Bertz CT molecular complexity index is 1080. The third-order valence-corrected chi connectivity index (χ3v) is 7.16. The lowest BCUT2D eigenvalue weighted by Gasteiger charge is -2.24. The molecule has 162 valence electrons. The maximum absolute atomic E-state index is 6.17. The topological polar surface area (TPSA) is 36.9 Å². The predicted molar refractivity (Wildman–Crippen MR) is 128 cm³/mol. The first kappa shape index (κ1) is 20.3. The Morgan fingerprint density at radius 2 is 2.00 bits per heavy atom. The average Bonchev–Trinajstić information content (AvgIpc) is 3.45. The summed E-state index contributed by atoms with van der Waals surface area (Å²) in [5.74, 6) is 2.20. The highest BCUT2D eigenvalue weighted by Crippen LogP contribution is 2.41. The molecule has 0 saturated carbocycles. The van der Waals surface area contributed by atoms with Crippen molar-refractivity contribution in [2.45, 2.75) is 71.3 Å². The molecular formula is C27H33N3O. The molecule has 1 spiro atoms. The zero-order valence-corrected chi connectivity index (χ0v) is 19.2. The number of fused-ring (bicyclic) bond motifs is 1. The van der Waals surface area contributed by atoms with Gasteiger partial charge in [-0.2, -0.15) is 5.10 Å². The van der Waals surface area contributed by atoms with Crippen molar-refractivity contribution < 1.29 is 4.74 Å². The number of nitrogens with one attached hydrogen (secondary N) is 1. The van der Waals surface area contributed by atoms with Crippen molar-refractivity contribution in [3.8, 4) is 0 Å². The smallest absolute Gasteiger partial charge is 0.166 e. The molecule has 1 saturated heterocycles. The lowest BCUT2D eigenvalue weighted by molar-refractivity contribution is 0.0134. The van der Waals surface area contributed by atoms with E-state index in [0.29, 0.717) is 5.92 Å². The molecule has 1 N–H and O–H groups in total. The molecule has 2 heterocycles. The van der Waals surface area contributed by atoms with Gasteiger partial charge in [-0.15, -0.1) is 0 Å². The van der Waals surface area contributed by atoms with Crippen LogP contribution in [-0.2, 0) is 24.0 Å². The SMILES string of the molecule is C=C1NN=C(c2cc(C(C)C)c(CC)cc2C)N1c1ccc2c(c1)CC1(CCCO1)C2. The van der Waals surface area contributed by atoms with Crippen LogP contribution >= 0.6 is 0 Å². The number of benzene rings is 2. The fourth-order valence-electron chi connectivity index (χ4n) is 5.55. The molecule has 1 fully saturated rings. The summed E-state index contributed by atoms with van der Waals surface area (Å²) in [6, 6.07) is 11.5. The molecule has 2 aromatic rings. The van der Waals surface area contributed by atoms with E-state index in [4.69, 9.17) is 9.84 Å². The summed E-state index contributed by atoms with van der Waals surface area (Å²) in [6.45, 7) is 14.1. The highest BCUT2D eigenvalue weighted by atomic mass is 16.5. The van der Waals surface area contributed by atoms with Crippen LogP contribution in [0.5, 0.6) is 0 Å². The van der Waals surface area contributed by atoms with Crippen LogP contribution in [0.3, 0.4) is 0 Å². The lowest BCUT2D eigenvalue weighted by atomic mass is 9.90. The molecule has 3 aliphatic rings. The average molecular weight is 416 g/mol. The standard InChI is InChI=1S/C27H33N3O/c1-6-20-12-18(4)25(14-24(20)17(2)3)26-29-28-19(5)30(26)23-9-8-21-15-27(10-7-11-31-27)16-22(21)13-23/h8-9,12-14,17,28H,5-7,10-11,15-16H2,1-4H3. The molecule has 0 aromatic heterocycles. The van der Waals surface area contributed by atoms with E-state index >= 15 is 0 Å². The molecule has 0 radical (unpaired) electrons. The van der Waals surface area contributed by atoms with Crippen LogP contribution in [-0.4, -0.2) is 18.0 Å². The molecule has 2 aliphatic heterocycles. The number of rotatable bonds is 4. The maximum atomic E-state index is 6.17. The Hall–Kier alpha value is -2.59. The summed E-state index contributed by atoms with van der Waals surface area (Å²) in [4.78, 5) is 2.17. The third kappa shape index (κ3) is 3.38. The highest BCUT2D eigenvalue weighted by Gasteiger charge is 2.41. The highest BCUT2D eigenvalue weighted by molar-refractivity contribution is 6.14.